The quantitative estimate of drug-likeness (QED) is 0.483. The van der Waals surface area contributed by atoms with Crippen molar-refractivity contribution in [3.8, 4) is 0 Å². The van der Waals surface area contributed by atoms with Gasteiger partial charge in [-0.05, 0) is 12.1 Å². The highest BCUT2D eigenvalue weighted by atomic mass is 35.6. The minimum absolute atomic E-state index is 0.320. The van der Waals surface area contributed by atoms with Gasteiger partial charge in [-0.3, -0.25) is 0 Å². The fraction of sp³-hybridized carbons (Fsp3) is 1.00. The molecule has 0 N–H and O–H groups in total. The van der Waals surface area contributed by atoms with Crippen LogP contribution in [0.3, 0.4) is 0 Å². The van der Waals surface area contributed by atoms with E-state index in [1.54, 1.807) is 0 Å². The van der Waals surface area contributed by atoms with Gasteiger partial charge in [-0.2, -0.15) is 11.1 Å². The lowest BCUT2D eigenvalue weighted by Crippen LogP contribution is -2.49. The first-order valence-corrected chi connectivity index (χ1v) is 16.1. The molecule has 1 heterocycles. The summed E-state index contributed by atoms with van der Waals surface area (Å²) < 4.78 is 2.66. The van der Waals surface area contributed by atoms with Gasteiger partial charge in [0.1, 0.15) is 0 Å². The van der Waals surface area contributed by atoms with Crippen molar-refractivity contribution in [3.63, 3.8) is 0 Å². The van der Waals surface area contributed by atoms with Gasteiger partial charge in [0.2, 0.25) is 0 Å². The molecule has 1 fully saturated rings. The molecule has 0 amide bonds. The van der Waals surface area contributed by atoms with E-state index in [9.17, 15) is 0 Å². The van der Waals surface area contributed by atoms with Crippen LogP contribution in [-0.2, 0) is 0 Å². The third-order valence-corrected chi connectivity index (χ3v) is 34.4. The summed E-state index contributed by atoms with van der Waals surface area (Å²) in [4.78, 5) is 0. The molecule has 0 unspecified atom stereocenters. The molecule has 0 aromatic carbocycles. The largest absolute Gasteiger partial charge is 0.313 e. The van der Waals surface area contributed by atoms with Crippen molar-refractivity contribution < 1.29 is 0 Å². The van der Waals surface area contributed by atoms with E-state index in [1.165, 1.54) is 0 Å². The average molecular weight is 224 g/mol. The Balaban J connectivity index is 2.60. The van der Waals surface area contributed by atoms with E-state index < -0.39 is 6.58 Å². The average Bonchev–Trinajstić information content (AvgIpc) is 2.44. The van der Waals surface area contributed by atoms with Crippen molar-refractivity contribution in [2.24, 2.45) is 0 Å². The van der Waals surface area contributed by atoms with E-state index in [4.69, 9.17) is 11.1 Å². The lowest BCUT2D eigenvalue weighted by atomic mass is 10.3. The molecule has 0 aromatic rings. The summed E-state index contributed by atoms with van der Waals surface area (Å²) in [7, 11) is 0.641. The van der Waals surface area contributed by atoms with Crippen molar-refractivity contribution in [3.05, 3.63) is 0 Å². The van der Waals surface area contributed by atoms with E-state index in [-0.39, 0.29) is 0 Å². The monoisotopic (exact) mass is 223 g/mol. The number of halogens is 1. The van der Waals surface area contributed by atoms with Crippen LogP contribution in [-0.4, -0.2) is 40.3 Å². The van der Waals surface area contributed by atoms with Gasteiger partial charge in [-0.1, -0.05) is 27.7 Å². The van der Waals surface area contributed by atoms with Gasteiger partial charge in [0.15, 0.2) is 6.58 Å². The molecule has 66 valence electrons. The second-order valence-corrected chi connectivity index (χ2v) is 34.2. The van der Waals surface area contributed by atoms with E-state index in [2.05, 4.69) is 32.3 Å². The summed E-state index contributed by atoms with van der Waals surface area (Å²) in [5.74, 6) is 0. The maximum Gasteiger partial charge on any atom is 0.183 e. The Bertz CT molecular complexity index is 139. The molecule has 1 aliphatic rings. The standard InChI is InChI=1S/C6H18ClNSi3/c1-5(2)8(6(3)4)11(7)9-10-11/h5-6H,9-10H2,1-4H3. The minimum Gasteiger partial charge on any atom is -0.313 e. The van der Waals surface area contributed by atoms with Gasteiger partial charge in [0.25, 0.3) is 0 Å². The fourth-order valence-electron chi connectivity index (χ4n) is 1.88. The molecule has 0 bridgehead atoms. The smallest absolute Gasteiger partial charge is 0.183 e. The summed E-state index contributed by atoms with van der Waals surface area (Å²) in [6.45, 7) is 8.08. The zero-order valence-electron chi connectivity index (χ0n) is 7.89. The number of rotatable bonds is 3. The van der Waals surface area contributed by atoms with Gasteiger partial charge < -0.3 is 4.57 Å². The van der Waals surface area contributed by atoms with Gasteiger partial charge in [0.05, 0.1) is 0 Å². The Kier molecular flexibility index (Phi) is 3.03. The number of hydrogen-bond acceptors (Lipinski definition) is 1. The first-order valence-electron chi connectivity index (χ1n) is 4.45. The summed E-state index contributed by atoms with van der Waals surface area (Å²) in [6, 6.07) is 1.39. The fourth-order valence-corrected chi connectivity index (χ4v) is 31.9. The van der Waals surface area contributed by atoms with Crippen molar-refractivity contribution >= 4 is 34.8 Å². The molecule has 0 aliphatic carbocycles. The molecule has 0 atom stereocenters. The highest BCUT2D eigenvalue weighted by molar-refractivity contribution is 8.00. The Labute approximate surface area is 79.3 Å². The third kappa shape index (κ3) is 2.18. The molecule has 5 heteroatoms. The Morgan fingerprint density at radius 2 is 1.45 bits per heavy atom. The van der Waals surface area contributed by atoms with Gasteiger partial charge >= 0.3 is 0 Å². The predicted molar refractivity (Wildman–Crippen MR) is 60.8 cm³/mol. The molecule has 0 spiro atoms. The van der Waals surface area contributed by atoms with E-state index in [0.29, 0.717) is 29.2 Å². The van der Waals surface area contributed by atoms with Crippen LogP contribution in [0.2, 0.25) is 0 Å². The molecular weight excluding hydrogens is 206 g/mol. The van der Waals surface area contributed by atoms with Crippen molar-refractivity contribution in [2.45, 2.75) is 39.8 Å². The van der Waals surface area contributed by atoms with Gasteiger partial charge in [0, 0.05) is 17.1 Å². The lowest BCUT2D eigenvalue weighted by molar-refractivity contribution is 0.312. The molecule has 1 rings (SSSR count). The summed E-state index contributed by atoms with van der Waals surface area (Å²) >= 11 is 6.59. The van der Waals surface area contributed by atoms with Crippen LogP contribution in [0.15, 0.2) is 0 Å². The molecule has 0 radical (unpaired) electrons. The van der Waals surface area contributed by atoms with Crippen LogP contribution in [0, 0.1) is 0 Å². The second kappa shape index (κ2) is 3.33. The third-order valence-electron chi connectivity index (χ3n) is 2.24. The lowest BCUT2D eigenvalue weighted by Gasteiger charge is -2.34. The summed E-state index contributed by atoms with van der Waals surface area (Å²) in [5, 5.41) is 0. The van der Waals surface area contributed by atoms with Crippen LogP contribution in [0.5, 0.6) is 0 Å². The van der Waals surface area contributed by atoms with Crippen LogP contribution < -0.4 is 0 Å². The molecule has 1 nitrogen and oxygen atoms in total. The Morgan fingerprint density at radius 3 is 1.55 bits per heavy atom. The van der Waals surface area contributed by atoms with E-state index >= 15 is 0 Å². The Morgan fingerprint density at radius 1 is 1.09 bits per heavy atom. The summed E-state index contributed by atoms with van der Waals surface area (Å²) in [5.41, 5.74) is 0. The van der Waals surface area contributed by atoms with Gasteiger partial charge in [-0.15, -0.1) is 0 Å². The van der Waals surface area contributed by atoms with Gasteiger partial charge in [-0.25, -0.2) is 0 Å². The molecule has 1 saturated heterocycles. The maximum absolute atomic E-state index is 6.59. The molecule has 0 aromatic heterocycles. The topological polar surface area (TPSA) is 3.24 Å². The summed E-state index contributed by atoms with van der Waals surface area (Å²) in [6.07, 6.45) is 0. The minimum atomic E-state index is -1.08. The molecule has 11 heavy (non-hydrogen) atoms. The highest BCUT2D eigenvalue weighted by Crippen LogP contribution is 2.27. The number of hydrogen-bond donors (Lipinski definition) is 0. The maximum atomic E-state index is 6.59. The first-order chi connectivity index (χ1) is 4.97. The SMILES string of the molecule is CC(C)N(C(C)C)[Si]1(Cl)[SiH2][SiH2]1. The van der Waals surface area contributed by atoms with Crippen molar-refractivity contribution in [1.82, 2.24) is 4.57 Å². The molecule has 1 aliphatic heterocycles. The van der Waals surface area contributed by atoms with Crippen LogP contribution in [0.25, 0.3) is 0 Å². The van der Waals surface area contributed by atoms with Crippen molar-refractivity contribution in [2.75, 3.05) is 0 Å². The van der Waals surface area contributed by atoms with E-state index in [1.807, 2.05) is 0 Å². The highest BCUT2D eigenvalue weighted by Gasteiger charge is 2.52. The van der Waals surface area contributed by atoms with Crippen LogP contribution in [0.1, 0.15) is 27.7 Å². The molecular formula is C6H18ClNSi3. The van der Waals surface area contributed by atoms with Crippen LogP contribution >= 0.6 is 11.1 Å². The second-order valence-electron chi connectivity index (χ2n) is 4.01. The Hall–Kier alpha value is 0.901. The van der Waals surface area contributed by atoms with Crippen LogP contribution in [0.4, 0.5) is 0 Å². The van der Waals surface area contributed by atoms with Crippen molar-refractivity contribution in [1.29, 1.82) is 0 Å². The zero-order chi connectivity index (χ0) is 8.65. The van der Waals surface area contributed by atoms with E-state index in [0.717, 1.165) is 0 Å². The normalized spacial score (nSPS) is 34.9. The first kappa shape index (κ1) is 9.98. The molecule has 0 saturated carbocycles. The zero-order valence-corrected chi connectivity index (χ0v) is 12.5. The number of nitrogens with zero attached hydrogens (tertiary/aromatic N) is 1. The predicted octanol–water partition coefficient (Wildman–Crippen LogP) is 0.0458.